The average molecular weight is 775 g/mol. The number of hydrogen-bond donors (Lipinski definition) is 0. The van der Waals surface area contributed by atoms with E-state index in [0.717, 1.165) is 10.8 Å². The molecule has 1 amide bonds. The molecule has 0 bridgehead atoms. The van der Waals surface area contributed by atoms with Gasteiger partial charge in [0.1, 0.15) is 23.6 Å². The van der Waals surface area contributed by atoms with E-state index in [4.69, 9.17) is 23.4 Å². The molecule has 7 rings (SSSR count). The molecule has 4 aromatic carbocycles. The van der Waals surface area contributed by atoms with Gasteiger partial charge in [0, 0.05) is 18.5 Å². The summed E-state index contributed by atoms with van der Waals surface area (Å²) in [5.74, 6) is -10.9. The van der Waals surface area contributed by atoms with E-state index < -0.39 is 53.8 Å². The second-order valence-corrected chi connectivity index (χ2v) is 12.4. The normalized spacial score (nSPS) is 17.8. The molecule has 0 unspecified atom stereocenters. The van der Waals surface area contributed by atoms with E-state index >= 15 is 0 Å². The van der Waals surface area contributed by atoms with Gasteiger partial charge >= 0.3 is 88.7 Å². The van der Waals surface area contributed by atoms with Gasteiger partial charge in [0.05, 0.1) is 5.97 Å². The number of fused-ring (bicyclic) bond motifs is 3. The largest absolute Gasteiger partial charge is 1.00 e. The topological polar surface area (TPSA) is 204 Å². The van der Waals surface area contributed by atoms with Gasteiger partial charge in [-0.15, -0.1) is 0 Å². The Labute approximate surface area is 380 Å². The zero-order valence-electron chi connectivity index (χ0n) is 30.5. The summed E-state index contributed by atoms with van der Waals surface area (Å²) in [6.45, 7) is 1.60. The summed E-state index contributed by atoms with van der Waals surface area (Å²) in [5, 5.41) is 37.8. The van der Waals surface area contributed by atoms with E-state index in [2.05, 4.69) is 4.98 Å². The molecule has 0 N–H and O–H groups in total. The standard InChI is InChI=1S/C38H32N2O12.3Na/c1-21(26(25-15-16-29-30(18-25)49-20-48-29)9-6-12-31-39-27-10-4-5-11-28(27)50-31)40(19-22-13-14-23-7-2-3-8-24(23)17-22)34(41)32-33(35(42)43)52-38(51-32,36(44)45)37(46)47;;;/h2-8,10-18,21,26,32-33H,9,19-20H2,1H3,(H,42,43)(H,44,45)(H,46,47);;;/q;3*+1/p-3/b12-6+;;;/t21-,26-,32-,33+;;;/m0.../s1. The summed E-state index contributed by atoms with van der Waals surface area (Å²) in [4.78, 5) is 56.4. The first kappa shape index (κ1) is 44.5. The summed E-state index contributed by atoms with van der Waals surface area (Å²) in [7, 11) is 0. The third-order valence-electron chi connectivity index (χ3n) is 9.18. The maximum absolute atomic E-state index is 14.5. The number of carboxylic acid groups (broad SMARTS) is 3. The van der Waals surface area contributed by atoms with Crippen LogP contribution in [0, 0.1) is 0 Å². The molecule has 0 saturated carbocycles. The molecule has 17 heteroatoms. The molecule has 4 atom stereocenters. The number of aromatic nitrogens is 1. The van der Waals surface area contributed by atoms with Gasteiger partial charge < -0.3 is 58.0 Å². The Morgan fingerprint density at radius 2 is 1.51 bits per heavy atom. The molecule has 0 radical (unpaired) electrons. The predicted molar refractivity (Wildman–Crippen MR) is 174 cm³/mol. The maximum atomic E-state index is 14.5. The number of allylic oxidation sites excluding steroid dienone is 1. The fraction of sp³-hybridized carbons (Fsp3) is 0.237. The van der Waals surface area contributed by atoms with Crippen LogP contribution < -0.4 is 113 Å². The molecule has 0 aliphatic carbocycles. The molecule has 3 heterocycles. The Bertz CT molecular complexity index is 2200. The van der Waals surface area contributed by atoms with Gasteiger partial charge in [-0.1, -0.05) is 60.7 Å². The van der Waals surface area contributed by atoms with Crippen LogP contribution in [0.4, 0.5) is 0 Å². The SMILES string of the molecule is C[C@@H]([C@H](C/C=C/c1nc2ccccc2o1)c1ccc2c(c1)OCO2)N(Cc1ccc2ccccc2c1)C(=O)[C@H]1OC(C(=O)[O-])(C(=O)[O-])O[C@H]1C(=O)[O-].[Na+].[Na+].[Na+]. The van der Waals surface area contributed by atoms with Crippen molar-refractivity contribution in [3.05, 3.63) is 108 Å². The molecule has 2 aliphatic rings. The number of ether oxygens (including phenoxy) is 4. The Balaban J connectivity index is 0.00000224. The molecule has 14 nitrogen and oxygen atoms in total. The van der Waals surface area contributed by atoms with Gasteiger partial charge in [-0.2, -0.15) is 0 Å². The quantitative estimate of drug-likeness (QED) is 0.0855. The van der Waals surface area contributed by atoms with Crippen LogP contribution in [0.2, 0.25) is 0 Å². The minimum Gasteiger partial charge on any atom is -0.547 e. The number of para-hydroxylation sites is 2. The maximum Gasteiger partial charge on any atom is 1.00 e. The minimum absolute atomic E-state index is 0. The zero-order chi connectivity index (χ0) is 36.6. The predicted octanol–water partition coefficient (Wildman–Crippen LogP) is -7.94. The molecule has 2 aliphatic heterocycles. The molecule has 1 saturated heterocycles. The molecule has 5 aromatic rings. The van der Waals surface area contributed by atoms with Crippen LogP contribution in [0.25, 0.3) is 27.9 Å². The van der Waals surface area contributed by atoms with Crippen molar-refractivity contribution >= 4 is 51.8 Å². The number of rotatable bonds is 12. The molecular formula is C38H29N2Na3O12. The van der Waals surface area contributed by atoms with Gasteiger partial charge in [0.15, 0.2) is 23.2 Å². The van der Waals surface area contributed by atoms with Crippen molar-refractivity contribution in [1.29, 1.82) is 0 Å². The van der Waals surface area contributed by atoms with E-state index in [-0.39, 0.29) is 108 Å². The van der Waals surface area contributed by atoms with E-state index in [9.17, 15) is 34.5 Å². The van der Waals surface area contributed by atoms with Crippen LogP contribution in [-0.4, -0.2) is 64.5 Å². The Kier molecular flexibility index (Phi) is 15.2. The van der Waals surface area contributed by atoms with Crippen molar-refractivity contribution < 1.29 is 147 Å². The summed E-state index contributed by atoms with van der Waals surface area (Å²) < 4.78 is 26.9. The van der Waals surface area contributed by atoms with Crippen LogP contribution in [0.3, 0.4) is 0 Å². The Morgan fingerprint density at radius 1 is 0.836 bits per heavy atom. The number of carboxylic acids is 3. The number of nitrogens with zero attached hydrogens (tertiary/aromatic N) is 2. The van der Waals surface area contributed by atoms with Crippen molar-refractivity contribution in [1.82, 2.24) is 9.88 Å². The summed E-state index contributed by atoms with van der Waals surface area (Å²) in [6, 6.07) is 24.8. The van der Waals surface area contributed by atoms with Gasteiger partial charge in [-0.05, 0) is 71.7 Å². The second-order valence-electron chi connectivity index (χ2n) is 12.4. The van der Waals surface area contributed by atoms with Gasteiger partial charge in [-0.25, -0.2) is 4.98 Å². The van der Waals surface area contributed by atoms with Crippen molar-refractivity contribution in [2.45, 2.75) is 49.8 Å². The van der Waals surface area contributed by atoms with Crippen LogP contribution >= 0.6 is 0 Å². The van der Waals surface area contributed by atoms with Crippen molar-refractivity contribution in [2.75, 3.05) is 6.79 Å². The van der Waals surface area contributed by atoms with E-state index in [1.807, 2.05) is 60.7 Å². The fourth-order valence-corrected chi connectivity index (χ4v) is 6.51. The number of benzene rings is 4. The summed E-state index contributed by atoms with van der Waals surface area (Å²) in [5.41, 5.74) is 2.59. The van der Waals surface area contributed by atoms with Crippen LogP contribution in [-0.2, 0) is 35.2 Å². The number of hydrogen-bond acceptors (Lipinski definition) is 13. The van der Waals surface area contributed by atoms with E-state index in [1.165, 1.54) is 4.90 Å². The minimum atomic E-state index is -3.68. The molecule has 1 aromatic heterocycles. The zero-order valence-corrected chi connectivity index (χ0v) is 36.5. The third-order valence-corrected chi connectivity index (χ3v) is 9.18. The summed E-state index contributed by atoms with van der Waals surface area (Å²) >= 11 is 0. The third kappa shape index (κ3) is 9.16. The molecule has 0 spiro atoms. The first-order chi connectivity index (χ1) is 25.0. The molecule has 1 fully saturated rings. The van der Waals surface area contributed by atoms with E-state index in [0.29, 0.717) is 39.6 Å². The van der Waals surface area contributed by atoms with Gasteiger partial charge in [-0.3, -0.25) is 4.79 Å². The van der Waals surface area contributed by atoms with Crippen molar-refractivity contribution in [3.63, 3.8) is 0 Å². The molecular weight excluding hydrogens is 745 g/mol. The van der Waals surface area contributed by atoms with Gasteiger partial charge in [0.25, 0.3) is 11.7 Å². The van der Waals surface area contributed by atoms with Crippen molar-refractivity contribution in [2.24, 2.45) is 0 Å². The number of amides is 1. The summed E-state index contributed by atoms with van der Waals surface area (Å²) in [6.07, 6.45) is -0.925. The van der Waals surface area contributed by atoms with Crippen LogP contribution in [0.15, 0.2) is 95.4 Å². The molecule has 55 heavy (non-hydrogen) atoms. The number of carbonyl (C=O) groups is 4. The average Bonchev–Trinajstić information content (AvgIpc) is 3.89. The second kappa shape index (κ2) is 18.8. The smallest absolute Gasteiger partial charge is 0.547 e. The van der Waals surface area contributed by atoms with Crippen LogP contribution in [0.5, 0.6) is 11.5 Å². The van der Waals surface area contributed by atoms with Crippen LogP contribution in [0.1, 0.15) is 36.3 Å². The number of aliphatic carboxylic acids is 3. The number of carbonyl (C=O) groups excluding carboxylic acids is 4. The van der Waals surface area contributed by atoms with Gasteiger partial charge in [0.2, 0.25) is 12.7 Å². The first-order valence-electron chi connectivity index (χ1n) is 16.2. The Morgan fingerprint density at radius 3 is 2.22 bits per heavy atom. The molecule has 266 valence electrons. The fourth-order valence-electron chi connectivity index (χ4n) is 6.51. The van der Waals surface area contributed by atoms with E-state index in [1.54, 1.807) is 43.3 Å². The van der Waals surface area contributed by atoms with Crippen molar-refractivity contribution in [3.8, 4) is 11.5 Å². The monoisotopic (exact) mass is 774 g/mol. The number of oxazole rings is 1. The first-order valence-corrected chi connectivity index (χ1v) is 16.2. The Hall–Kier alpha value is -3.25.